The van der Waals surface area contributed by atoms with Crippen molar-refractivity contribution in [2.45, 2.75) is 20.4 Å². The van der Waals surface area contributed by atoms with Gasteiger partial charge >= 0.3 is 0 Å². The number of hydrogen-bond donors (Lipinski definition) is 1. The zero-order valence-corrected chi connectivity index (χ0v) is 9.61. The zero-order valence-electron chi connectivity index (χ0n) is 9.61. The molecule has 0 radical (unpaired) electrons. The normalized spacial score (nSPS) is 27.1. The summed E-state index contributed by atoms with van der Waals surface area (Å²) in [5.74, 6) is 1.66. The van der Waals surface area contributed by atoms with Crippen LogP contribution in [-0.4, -0.2) is 18.0 Å². The van der Waals surface area contributed by atoms with E-state index in [4.69, 9.17) is 5.73 Å². The van der Waals surface area contributed by atoms with Crippen LogP contribution in [0.15, 0.2) is 24.3 Å². The van der Waals surface area contributed by atoms with Crippen molar-refractivity contribution in [1.82, 2.24) is 4.90 Å². The van der Waals surface area contributed by atoms with Crippen LogP contribution < -0.4 is 5.73 Å². The van der Waals surface area contributed by atoms with Crippen LogP contribution in [0.25, 0.3) is 0 Å². The van der Waals surface area contributed by atoms with Gasteiger partial charge in [0, 0.05) is 25.3 Å². The number of nitrogen functional groups attached to an aromatic ring is 1. The Morgan fingerprint density at radius 2 is 1.67 bits per heavy atom. The fraction of sp³-hybridized carbons (Fsp3) is 0.538. The topological polar surface area (TPSA) is 29.3 Å². The highest BCUT2D eigenvalue weighted by atomic mass is 15.1. The van der Waals surface area contributed by atoms with Crippen LogP contribution in [0.2, 0.25) is 0 Å². The van der Waals surface area contributed by atoms with Gasteiger partial charge in [0.1, 0.15) is 0 Å². The predicted molar refractivity (Wildman–Crippen MR) is 64.5 cm³/mol. The maximum atomic E-state index is 5.67. The maximum absolute atomic E-state index is 5.67. The molecule has 2 unspecified atom stereocenters. The van der Waals surface area contributed by atoms with Crippen LogP contribution in [0.1, 0.15) is 19.4 Å². The molecule has 0 aromatic heterocycles. The Bertz CT molecular complexity index is 308. The molecule has 2 rings (SSSR count). The number of nitrogens with two attached hydrogens (primary N) is 1. The maximum Gasteiger partial charge on any atom is 0.0314 e. The SMILES string of the molecule is CC1CN(Cc2ccc(N)cc2)CC1C. The summed E-state index contributed by atoms with van der Waals surface area (Å²) in [5.41, 5.74) is 7.88. The van der Waals surface area contributed by atoms with Gasteiger partial charge in [0.15, 0.2) is 0 Å². The monoisotopic (exact) mass is 204 g/mol. The number of anilines is 1. The summed E-state index contributed by atoms with van der Waals surface area (Å²) in [5, 5.41) is 0. The first-order valence-electron chi connectivity index (χ1n) is 5.72. The van der Waals surface area contributed by atoms with Crippen molar-refractivity contribution in [2.75, 3.05) is 18.8 Å². The first kappa shape index (κ1) is 10.5. The minimum Gasteiger partial charge on any atom is -0.399 e. The van der Waals surface area contributed by atoms with Gasteiger partial charge in [0.2, 0.25) is 0 Å². The molecule has 1 aromatic rings. The van der Waals surface area contributed by atoms with Crippen molar-refractivity contribution in [2.24, 2.45) is 11.8 Å². The third-order valence-corrected chi connectivity index (χ3v) is 3.45. The number of nitrogens with zero attached hydrogens (tertiary/aromatic N) is 1. The molecule has 0 saturated carbocycles. The summed E-state index contributed by atoms with van der Waals surface area (Å²) in [6, 6.07) is 8.22. The van der Waals surface area contributed by atoms with Gasteiger partial charge < -0.3 is 5.73 Å². The molecule has 0 spiro atoms. The third kappa shape index (κ3) is 2.51. The van der Waals surface area contributed by atoms with Crippen LogP contribution in [-0.2, 0) is 6.54 Å². The molecule has 2 atom stereocenters. The highest BCUT2D eigenvalue weighted by Gasteiger charge is 2.25. The lowest BCUT2D eigenvalue weighted by atomic mass is 10.0. The molecule has 15 heavy (non-hydrogen) atoms. The van der Waals surface area contributed by atoms with Crippen molar-refractivity contribution in [3.8, 4) is 0 Å². The Kier molecular flexibility index (Phi) is 2.96. The molecular weight excluding hydrogens is 184 g/mol. The standard InChI is InChI=1S/C13H20N2/c1-10-7-15(8-11(10)2)9-12-3-5-13(14)6-4-12/h3-6,10-11H,7-9,14H2,1-2H3. The average molecular weight is 204 g/mol. The molecule has 2 heteroatoms. The molecule has 1 aromatic carbocycles. The molecule has 1 saturated heterocycles. The predicted octanol–water partition coefficient (Wildman–Crippen LogP) is 2.36. The first-order valence-corrected chi connectivity index (χ1v) is 5.72. The number of hydrogen-bond acceptors (Lipinski definition) is 2. The van der Waals surface area contributed by atoms with Gasteiger partial charge in [0.25, 0.3) is 0 Å². The Morgan fingerprint density at radius 3 is 2.20 bits per heavy atom. The van der Waals surface area contributed by atoms with Gasteiger partial charge in [-0.05, 0) is 29.5 Å². The molecule has 1 aliphatic rings. The highest BCUT2D eigenvalue weighted by molar-refractivity contribution is 5.39. The molecule has 0 aliphatic carbocycles. The quantitative estimate of drug-likeness (QED) is 0.749. The summed E-state index contributed by atoms with van der Waals surface area (Å²) >= 11 is 0. The van der Waals surface area contributed by atoms with Crippen molar-refractivity contribution in [3.63, 3.8) is 0 Å². The van der Waals surface area contributed by atoms with E-state index in [2.05, 4.69) is 30.9 Å². The van der Waals surface area contributed by atoms with Gasteiger partial charge in [-0.3, -0.25) is 4.90 Å². The van der Waals surface area contributed by atoms with Gasteiger partial charge in [0.05, 0.1) is 0 Å². The van der Waals surface area contributed by atoms with Gasteiger partial charge in [-0.2, -0.15) is 0 Å². The van der Waals surface area contributed by atoms with E-state index < -0.39 is 0 Å². The Morgan fingerprint density at radius 1 is 1.13 bits per heavy atom. The second-order valence-corrected chi connectivity index (χ2v) is 4.89. The molecule has 1 heterocycles. The van der Waals surface area contributed by atoms with Crippen LogP contribution in [0.5, 0.6) is 0 Å². The van der Waals surface area contributed by atoms with Crippen LogP contribution in [0.4, 0.5) is 5.69 Å². The van der Waals surface area contributed by atoms with E-state index in [1.165, 1.54) is 18.7 Å². The van der Waals surface area contributed by atoms with Crippen LogP contribution in [0, 0.1) is 11.8 Å². The van der Waals surface area contributed by atoms with E-state index in [1.807, 2.05) is 12.1 Å². The lowest BCUT2D eigenvalue weighted by Crippen LogP contribution is -2.19. The lowest BCUT2D eigenvalue weighted by Gasteiger charge is -2.15. The number of likely N-dealkylation sites (tertiary alicyclic amines) is 1. The highest BCUT2D eigenvalue weighted by Crippen LogP contribution is 2.23. The van der Waals surface area contributed by atoms with E-state index >= 15 is 0 Å². The van der Waals surface area contributed by atoms with Gasteiger partial charge in [-0.15, -0.1) is 0 Å². The zero-order chi connectivity index (χ0) is 10.8. The molecule has 82 valence electrons. The largest absolute Gasteiger partial charge is 0.399 e. The average Bonchev–Trinajstić information content (AvgIpc) is 2.50. The Balaban J connectivity index is 1.95. The number of rotatable bonds is 2. The summed E-state index contributed by atoms with van der Waals surface area (Å²) in [4.78, 5) is 2.53. The van der Waals surface area contributed by atoms with E-state index in [-0.39, 0.29) is 0 Å². The van der Waals surface area contributed by atoms with Crippen molar-refractivity contribution >= 4 is 5.69 Å². The third-order valence-electron chi connectivity index (χ3n) is 3.45. The molecule has 0 bridgehead atoms. The van der Waals surface area contributed by atoms with Crippen molar-refractivity contribution in [1.29, 1.82) is 0 Å². The molecule has 1 aliphatic heterocycles. The van der Waals surface area contributed by atoms with Crippen LogP contribution >= 0.6 is 0 Å². The fourth-order valence-corrected chi connectivity index (χ4v) is 2.26. The summed E-state index contributed by atoms with van der Waals surface area (Å²) < 4.78 is 0. The summed E-state index contributed by atoms with van der Waals surface area (Å²) in [7, 11) is 0. The van der Waals surface area contributed by atoms with E-state index in [0.717, 1.165) is 24.1 Å². The minimum absolute atomic E-state index is 0.832. The van der Waals surface area contributed by atoms with Gasteiger partial charge in [-0.1, -0.05) is 26.0 Å². The Labute approximate surface area is 92.1 Å². The summed E-state index contributed by atoms with van der Waals surface area (Å²) in [6.45, 7) is 8.20. The second-order valence-electron chi connectivity index (χ2n) is 4.89. The second kappa shape index (κ2) is 4.23. The van der Waals surface area contributed by atoms with E-state index in [1.54, 1.807) is 0 Å². The number of benzene rings is 1. The molecule has 1 fully saturated rings. The van der Waals surface area contributed by atoms with Gasteiger partial charge in [-0.25, -0.2) is 0 Å². The lowest BCUT2D eigenvalue weighted by molar-refractivity contribution is 0.316. The van der Waals surface area contributed by atoms with Crippen molar-refractivity contribution in [3.05, 3.63) is 29.8 Å². The van der Waals surface area contributed by atoms with Crippen LogP contribution in [0.3, 0.4) is 0 Å². The smallest absolute Gasteiger partial charge is 0.0314 e. The fourth-order valence-electron chi connectivity index (χ4n) is 2.26. The minimum atomic E-state index is 0.832. The van der Waals surface area contributed by atoms with E-state index in [9.17, 15) is 0 Å². The molecule has 2 nitrogen and oxygen atoms in total. The Hall–Kier alpha value is -1.02. The van der Waals surface area contributed by atoms with E-state index in [0.29, 0.717) is 0 Å². The molecule has 2 N–H and O–H groups in total. The first-order chi connectivity index (χ1) is 7.15. The molecule has 0 amide bonds. The molecular formula is C13H20N2. The summed E-state index contributed by atoms with van der Waals surface area (Å²) in [6.07, 6.45) is 0. The van der Waals surface area contributed by atoms with Crippen molar-refractivity contribution < 1.29 is 0 Å².